The van der Waals surface area contributed by atoms with Crippen LogP contribution in [0.4, 0.5) is 5.69 Å². The lowest BCUT2D eigenvalue weighted by Crippen LogP contribution is -2.17. The van der Waals surface area contributed by atoms with E-state index in [1.54, 1.807) is 11.0 Å². The Morgan fingerprint density at radius 2 is 2.11 bits per heavy atom. The van der Waals surface area contributed by atoms with E-state index in [1.165, 1.54) is 0 Å². The molecule has 96 valence electrons. The first-order valence-electron chi connectivity index (χ1n) is 6.04. The predicted octanol–water partition coefficient (Wildman–Crippen LogP) is 2.92. The second-order valence-electron chi connectivity index (χ2n) is 4.08. The van der Waals surface area contributed by atoms with Gasteiger partial charge in [-0.3, -0.25) is 0 Å². The molecule has 0 aliphatic carbocycles. The van der Waals surface area contributed by atoms with Gasteiger partial charge < -0.3 is 5.32 Å². The molecule has 1 aromatic heterocycles. The Balaban J connectivity index is 2.27. The molecule has 0 atom stereocenters. The first kappa shape index (κ1) is 12.8. The van der Waals surface area contributed by atoms with E-state index in [4.69, 9.17) is 11.6 Å². The molecule has 0 fully saturated rings. The van der Waals surface area contributed by atoms with Crippen LogP contribution in [0.2, 0.25) is 5.02 Å². The van der Waals surface area contributed by atoms with Crippen LogP contribution < -0.4 is 5.32 Å². The number of benzene rings is 1. The van der Waals surface area contributed by atoms with Crippen LogP contribution in [0.1, 0.15) is 26.7 Å². The molecule has 0 saturated heterocycles. The molecule has 0 unspecified atom stereocenters. The number of halogens is 1. The minimum Gasteiger partial charge on any atom is -0.381 e. The van der Waals surface area contributed by atoms with E-state index in [1.807, 2.05) is 18.2 Å². The van der Waals surface area contributed by atoms with Gasteiger partial charge >= 0.3 is 0 Å². The molecular weight excluding hydrogens is 250 g/mol. The van der Waals surface area contributed by atoms with Crippen molar-refractivity contribution in [1.29, 1.82) is 0 Å². The van der Waals surface area contributed by atoms with E-state index in [9.17, 15) is 0 Å². The summed E-state index contributed by atoms with van der Waals surface area (Å²) < 4.78 is 1.61. The Bertz CT molecular complexity index is 493. The SMILES string of the molecule is CCC(CC)Nc1cc(-n2cnnn2)ccc1Cl. The fourth-order valence-corrected chi connectivity index (χ4v) is 1.93. The van der Waals surface area contributed by atoms with E-state index in [0.717, 1.165) is 24.2 Å². The van der Waals surface area contributed by atoms with Gasteiger partial charge in [-0.25, -0.2) is 4.68 Å². The van der Waals surface area contributed by atoms with Crippen molar-refractivity contribution < 1.29 is 0 Å². The molecule has 0 aliphatic rings. The van der Waals surface area contributed by atoms with E-state index < -0.39 is 0 Å². The average Bonchev–Trinajstić information content (AvgIpc) is 2.91. The zero-order chi connectivity index (χ0) is 13.0. The van der Waals surface area contributed by atoms with Gasteiger partial charge in [0.15, 0.2) is 0 Å². The Hall–Kier alpha value is -1.62. The number of hydrogen-bond donors (Lipinski definition) is 1. The third-order valence-electron chi connectivity index (χ3n) is 2.91. The van der Waals surface area contributed by atoms with Gasteiger partial charge in [-0.1, -0.05) is 25.4 Å². The zero-order valence-corrected chi connectivity index (χ0v) is 11.2. The summed E-state index contributed by atoms with van der Waals surface area (Å²) in [4.78, 5) is 0. The largest absolute Gasteiger partial charge is 0.381 e. The summed E-state index contributed by atoms with van der Waals surface area (Å²) in [6.07, 6.45) is 3.67. The normalized spacial score (nSPS) is 10.9. The van der Waals surface area contributed by atoms with Gasteiger partial charge in [-0.05, 0) is 41.5 Å². The van der Waals surface area contributed by atoms with Gasteiger partial charge in [0.2, 0.25) is 0 Å². The Morgan fingerprint density at radius 3 is 2.72 bits per heavy atom. The van der Waals surface area contributed by atoms with Crippen molar-refractivity contribution in [3.8, 4) is 5.69 Å². The van der Waals surface area contributed by atoms with E-state index in [0.29, 0.717) is 11.1 Å². The van der Waals surface area contributed by atoms with Gasteiger partial charge in [-0.2, -0.15) is 0 Å². The second kappa shape index (κ2) is 5.82. The molecular formula is C12H16ClN5. The quantitative estimate of drug-likeness (QED) is 0.903. The summed E-state index contributed by atoms with van der Waals surface area (Å²) in [5.74, 6) is 0. The molecule has 0 bridgehead atoms. The lowest BCUT2D eigenvalue weighted by Gasteiger charge is -2.17. The van der Waals surface area contributed by atoms with Crippen LogP contribution in [-0.4, -0.2) is 26.2 Å². The van der Waals surface area contributed by atoms with Crippen molar-refractivity contribution in [1.82, 2.24) is 20.2 Å². The highest BCUT2D eigenvalue weighted by molar-refractivity contribution is 6.33. The van der Waals surface area contributed by atoms with Crippen LogP contribution in [0.15, 0.2) is 24.5 Å². The van der Waals surface area contributed by atoms with Crippen LogP contribution >= 0.6 is 11.6 Å². The minimum atomic E-state index is 0.423. The van der Waals surface area contributed by atoms with Gasteiger partial charge in [0.05, 0.1) is 16.4 Å². The van der Waals surface area contributed by atoms with E-state index in [2.05, 4.69) is 34.7 Å². The number of hydrogen-bond acceptors (Lipinski definition) is 4. The van der Waals surface area contributed by atoms with E-state index in [-0.39, 0.29) is 0 Å². The second-order valence-corrected chi connectivity index (χ2v) is 4.48. The fraction of sp³-hybridized carbons (Fsp3) is 0.417. The molecule has 18 heavy (non-hydrogen) atoms. The summed E-state index contributed by atoms with van der Waals surface area (Å²) in [6, 6.07) is 6.11. The Labute approximate surface area is 111 Å². The summed E-state index contributed by atoms with van der Waals surface area (Å²) in [5.41, 5.74) is 1.80. The first-order valence-corrected chi connectivity index (χ1v) is 6.41. The Morgan fingerprint density at radius 1 is 1.33 bits per heavy atom. The Kier molecular flexibility index (Phi) is 4.15. The van der Waals surface area contributed by atoms with Gasteiger partial charge in [0, 0.05) is 6.04 Å². The molecule has 0 amide bonds. The molecule has 0 aliphatic heterocycles. The highest BCUT2D eigenvalue weighted by Gasteiger charge is 2.08. The van der Waals surface area contributed by atoms with Crippen LogP contribution in [0.3, 0.4) is 0 Å². The smallest absolute Gasteiger partial charge is 0.143 e. The molecule has 1 aromatic carbocycles. The molecule has 1 N–H and O–H groups in total. The number of aromatic nitrogens is 4. The van der Waals surface area contributed by atoms with Crippen LogP contribution in [-0.2, 0) is 0 Å². The van der Waals surface area contributed by atoms with Crippen molar-refractivity contribution >= 4 is 17.3 Å². The van der Waals surface area contributed by atoms with Gasteiger partial charge in [0.1, 0.15) is 6.33 Å². The third-order valence-corrected chi connectivity index (χ3v) is 3.24. The predicted molar refractivity (Wildman–Crippen MR) is 72.2 cm³/mol. The van der Waals surface area contributed by atoms with E-state index >= 15 is 0 Å². The lowest BCUT2D eigenvalue weighted by atomic mass is 10.1. The monoisotopic (exact) mass is 265 g/mol. The molecule has 2 rings (SSSR count). The van der Waals surface area contributed by atoms with Gasteiger partial charge in [0.25, 0.3) is 0 Å². The molecule has 2 aromatic rings. The molecule has 0 radical (unpaired) electrons. The third kappa shape index (κ3) is 2.79. The maximum absolute atomic E-state index is 6.19. The molecule has 5 nitrogen and oxygen atoms in total. The molecule has 0 spiro atoms. The van der Waals surface area contributed by atoms with Crippen LogP contribution in [0.25, 0.3) is 5.69 Å². The average molecular weight is 266 g/mol. The van der Waals surface area contributed by atoms with Gasteiger partial charge in [-0.15, -0.1) is 5.10 Å². The van der Waals surface area contributed by atoms with Crippen molar-refractivity contribution in [2.24, 2.45) is 0 Å². The molecule has 6 heteroatoms. The maximum Gasteiger partial charge on any atom is 0.143 e. The van der Waals surface area contributed by atoms with Crippen LogP contribution in [0, 0.1) is 0 Å². The number of tetrazole rings is 1. The highest BCUT2D eigenvalue weighted by Crippen LogP contribution is 2.25. The standard InChI is InChI=1S/C12H16ClN5/c1-3-9(4-2)15-12-7-10(5-6-11(12)13)18-8-14-16-17-18/h5-9,15H,3-4H2,1-2H3. The zero-order valence-electron chi connectivity index (χ0n) is 10.5. The lowest BCUT2D eigenvalue weighted by molar-refractivity contribution is 0.671. The van der Waals surface area contributed by atoms with Crippen molar-refractivity contribution in [2.75, 3.05) is 5.32 Å². The summed E-state index contributed by atoms with van der Waals surface area (Å²) in [5, 5.41) is 15.2. The topological polar surface area (TPSA) is 55.6 Å². The minimum absolute atomic E-state index is 0.423. The number of nitrogens with one attached hydrogen (secondary N) is 1. The van der Waals surface area contributed by atoms with Crippen molar-refractivity contribution in [2.45, 2.75) is 32.7 Å². The number of nitrogens with zero attached hydrogens (tertiary/aromatic N) is 4. The maximum atomic E-state index is 6.19. The fourth-order valence-electron chi connectivity index (χ4n) is 1.76. The van der Waals surface area contributed by atoms with Crippen molar-refractivity contribution in [3.63, 3.8) is 0 Å². The van der Waals surface area contributed by atoms with Crippen molar-refractivity contribution in [3.05, 3.63) is 29.5 Å². The van der Waals surface area contributed by atoms with Crippen LogP contribution in [0.5, 0.6) is 0 Å². The summed E-state index contributed by atoms with van der Waals surface area (Å²) >= 11 is 6.19. The summed E-state index contributed by atoms with van der Waals surface area (Å²) in [7, 11) is 0. The molecule has 0 saturated carbocycles. The number of anilines is 1. The molecule has 1 heterocycles. The highest BCUT2D eigenvalue weighted by atomic mass is 35.5. The first-order chi connectivity index (χ1) is 8.74. The summed E-state index contributed by atoms with van der Waals surface area (Å²) in [6.45, 7) is 4.31. The number of rotatable bonds is 5.